The van der Waals surface area contributed by atoms with E-state index < -0.39 is 5.97 Å². The van der Waals surface area contributed by atoms with Crippen molar-refractivity contribution in [3.63, 3.8) is 0 Å². The molecule has 0 aliphatic rings. The molecule has 0 radical (unpaired) electrons. The van der Waals surface area contributed by atoms with Crippen LogP contribution in [0.2, 0.25) is 0 Å². The number of carboxylic acids is 1. The van der Waals surface area contributed by atoms with Crippen molar-refractivity contribution < 1.29 is 19.1 Å². The molecule has 0 saturated heterocycles. The minimum Gasteiger partial charge on any atom is -0.478 e. The van der Waals surface area contributed by atoms with E-state index in [1.54, 1.807) is 6.07 Å². The maximum Gasteiger partial charge on any atom is 0.339 e. The molecule has 5 nitrogen and oxygen atoms in total. The van der Waals surface area contributed by atoms with Gasteiger partial charge in [0, 0.05) is 10.9 Å². The van der Waals surface area contributed by atoms with Gasteiger partial charge in [-0.3, -0.25) is 4.79 Å². The number of carboxylic acid groups (broad SMARTS) is 1. The van der Waals surface area contributed by atoms with E-state index >= 15 is 0 Å². The van der Waals surface area contributed by atoms with Gasteiger partial charge in [-0.15, -0.1) is 11.8 Å². The van der Waals surface area contributed by atoms with Crippen LogP contribution in [0.4, 0.5) is 0 Å². The Balaban J connectivity index is 2.11. The van der Waals surface area contributed by atoms with E-state index in [2.05, 4.69) is 19.2 Å². The first kappa shape index (κ1) is 19.1. The predicted octanol–water partition coefficient (Wildman–Crippen LogP) is 4.43. The van der Waals surface area contributed by atoms with Gasteiger partial charge in [-0.1, -0.05) is 32.4 Å². The van der Waals surface area contributed by atoms with Crippen LogP contribution in [0.5, 0.6) is 0 Å². The Morgan fingerprint density at radius 2 is 1.92 bits per heavy atom. The van der Waals surface area contributed by atoms with Crippen LogP contribution in [0, 0.1) is 5.92 Å². The summed E-state index contributed by atoms with van der Waals surface area (Å²) >= 11 is 1.39. The monoisotopic (exact) mass is 361 g/mol. The summed E-state index contributed by atoms with van der Waals surface area (Å²) in [6, 6.07) is 8.84. The van der Waals surface area contributed by atoms with Gasteiger partial charge >= 0.3 is 5.97 Å². The molecule has 2 unspecified atom stereocenters. The van der Waals surface area contributed by atoms with E-state index in [4.69, 9.17) is 9.52 Å². The zero-order valence-electron chi connectivity index (χ0n) is 14.6. The van der Waals surface area contributed by atoms with Crippen molar-refractivity contribution >= 4 is 23.6 Å². The highest BCUT2D eigenvalue weighted by Crippen LogP contribution is 2.28. The Bertz CT molecular complexity index is 741. The number of aromatic carboxylic acids is 1. The molecule has 1 aromatic carbocycles. The number of carbonyl (C=O) groups excluding carboxylic acids is 1. The number of thioether (sulfide) groups is 1. The van der Waals surface area contributed by atoms with Crippen LogP contribution in [-0.2, 0) is 5.75 Å². The molecule has 2 atom stereocenters. The molecule has 1 heterocycles. The molecule has 0 saturated carbocycles. The van der Waals surface area contributed by atoms with Crippen LogP contribution in [0.3, 0.4) is 0 Å². The molecule has 0 spiro atoms. The van der Waals surface area contributed by atoms with Gasteiger partial charge in [-0.25, -0.2) is 4.79 Å². The summed E-state index contributed by atoms with van der Waals surface area (Å²) in [6.07, 6.45) is 2.36. The van der Waals surface area contributed by atoms with E-state index in [1.807, 2.05) is 25.1 Å². The summed E-state index contributed by atoms with van der Waals surface area (Å²) in [7, 11) is 0. The molecule has 25 heavy (non-hydrogen) atoms. The Hall–Kier alpha value is -2.21. The van der Waals surface area contributed by atoms with Crippen molar-refractivity contribution in [2.45, 2.75) is 43.9 Å². The molecule has 0 aliphatic carbocycles. The number of hydrogen-bond donors (Lipinski definition) is 2. The summed E-state index contributed by atoms with van der Waals surface area (Å²) in [5.41, 5.74) is 0.742. The van der Waals surface area contributed by atoms with Crippen molar-refractivity contribution in [1.29, 1.82) is 0 Å². The number of rotatable bonds is 8. The van der Waals surface area contributed by atoms with Gasteiger partial charge in [0.05, 0.1) is 17.6 Å². The zero-order chi connectivity index (χ0) is 18.4. The first-order valence-electron chi connectivity index (χ1n) is 8.26. The molecule has 2 rings (SSSR count). The molecule has 134 valence electrons. The highest BCUT2D eigenvalue weighted by molar-refractivity contribution is 7.98. The lowest BCUT2D eigenvalue weighted by Crippen LogP contribution is -2.37. The minimum absolute atomic E-state index is 0.0826. The first-order valence-corrected chi connectivity index (χ1v) is 9.25. The van der Waals surface area contributed by atoms with Gasteiger partial charge in [-0.05, 0) is 31.0 Å². The van der Waals surface area contributed by atoms with Gasteiger partial charge in [-0.2, -0.15) is 0 Å². The lowest BCUT2D eigenvalue weighted by Gasteiger charge is -2.20. The summed E-state index contributed by atoms with van der Waals surface area (Å²) in [4.78, 5) is 24.5. The average Bonchev–Trinajstić information content (AvgIpc) is 3.08. The topological polar surface area (TPSA) is 79.5 Å². The Labute approximate surface area is 151 Å². The molecule has 1 aromatic heterocycles. The van der Waals surface area contributed by atoms with Crippen molar-refractivity contribution in [2.75, 3.05) is 0 Å². The van der Waals surface area contributed by atoms with Crippen molar-refractivity contribution in [2.24, 2.45) is 5.92 Å². The van der Waals surface area contributed by atoms with Crippen molar-refractivity contribution in [3.05, 3.63) is 53.5 Å². The number of hydrogen-bond acceptors (Lipinski definition) is 4. The van der Waals surface area contributed by atoms with Crippen LogP contribution in [0.25, 0.3) is 0 Å². The fourth-order valence-electron chi connectivity index (χ4n) is 2.35. The van der Waals surface area contributed by atoms with E-state index in [-0.39, 0.29) is 17.5 Å². The molecule has 2 aromatic rings. The third-order valence-electron chi connectivity index (χ3n) is 4.32. The average molecular weight is 361 g/mol. The molecular formula is C19H23NO4S. The third kappa shape index (κ3) is 4.89. The highest BCUT2D eigenvalue weighted by Gasteiger charge is 2.18. The zero-order valence-corrected chi connectivity index (χ0v) is 15.4. The van der Waals surface area contributed by atoms with E-state index in [9.17, 15) is 9.59 Å². The number of carbonyl (C=O) groups is 2. The Morgan fingerprint density at radius 3 is 2.60 bits per heavy atom. The van der Waals surface area contributed by atoms with E-state index in [0.29, 0.717) is 23.0 Å². The third-order valence-corrected chi connectivity index (χ3v) is 5.40. The predicted molar refractivity (Wildman–Crippen MR) is 98.1 cm³/mol. The SMILES string of the molecule is CCC(C)C(C)NC(=O)c1ccccc1SCc1occc1C(=O)O. The first-order chi connectivity index (χ1) is 11.9. The largest absolute Gasteiger partial charge is 0.478 e. The van der Waals surface area contributed by atoms with Gasteiger partial charge in [0.1, 0.15) is 11.3 Å². The lowest BCUT2D eigenvalue weighted by atomic mass is 10.0. The van der Waals surface area contributed by atoms with Crippen LogP contribution < -0.4 is 5.32 Å². The minimum atomic E-state index is -1.02. The maximum absolute atomic E-state index is 12.6. The molecule has 0 fully saturated rings. The van der Waals surface area contributed by atoms with Crippen LogP contribution in [0.15, 0.2) is 45.9 Å². The van der Waals surface area contributed by atoms with Crippen LogP contribution in [0.1, 0.15) is 53.7 Å². The smallest absolute Gasteiger partial charge is 0.339 e. The fourth-order valence-corrected chi connectivity index (χ4v) is 3.35. The number of benzene rings is 1. The fraction of sp³-hybridized carbons (Fsp3) is 0.368. The molecule has 6 heteroatoms. The highest BCUT2D eigenvalue weighted by atomic mass is 32.2. The number of nitrogens with one attached hydrogen (secondary N) is 1. The number of furan rings is 1. The summed E-state index contributed by atoms with van der Waals surface area (Å²) in [6.45, 7) is 6.21. The maximum atomic E-state index is 12.6. The van der Waals surface area contributed by atoms with Crippen LogP contribution in [-0.4, -0.2) is 23.0 Å². The van der Waals surface area contributed by atoms with Gasteiger partial charge in [0.15, 0.2) is 0 Å². The van der Waals surface area contributed by atoms with Crippen molar-refractivity contribution in [3.8, 4) is 0 Å². The Kier molecular flexibility index (Phi) is 6.70. The standard InChI is InChI=1S/C19H23NO4S/c1-4-12(2)13(3)20-18(21)15-7-5-6-8-17(15)25-11-16-14(19(22)23)9-10-24-16/h5-10,12-13H,4,11H2,1-3H3,(H,20,21)(H,22,23). The molecule has 0 bridgehead atoms. The summed E-state index contributed by atoms with van der Waals surface area (Å²) in [5.74, 6) is -0.00270. The molecule has 0 aliphatic heterocycles. The van der Waals surface area contributed by atoms with Gasteiger partial charge in [0.25, 0.3) is 5.91 Å². The second-order valence-electron chi connectivity index (χ2n) is 6.00. The second-order valence-corrected chi connectivity index (χ2v) is 7.01. The van der Waals surface area contributed by atoms with Gasteiger partial charge < -0.3 is 14.8 Å². The van der Waals surface area contributed by atoms with E-state index in [0.717, 1.165) is 11.3 Å². The molecule has 1 amide bonds. The van der Waals surface area contributed by atoms with Crippen molar-refractivity contribution in [1.82, 2.24) is 5.32 Å². The van der Waals surface area contributed by atoms with Gasteiger partial charge in [0.2, 0.25) is 0 Å². The molecular weight excluding hydrogens is 338 g/mol. The number of amides is 1. The molecule has 2 N–H and O–H groups in total. The summed E-state index contributed by atoms with van der Waals surface area (Å²) < 4.78 is 5.26. The normalized spacial score (nSPS) is 13.2. The second kappa shape index (κ2) is 8.76. The van der Waals surface area contributed by atoms with Crippen LogP contribution >= 0.6 is 11.8 Å². The Morgan fingerprint density at radius 1 is 1.20 bits per heavy atom. The van der Waals surface area contributed by atoms with E-state index in [1.165, 1.54) is 24.1 Å². The lowest BCUT2D eigenvalue weighted by molar-refractivity contribution is 0.0694. The summed E-state index contributed by atoms with van der Waals surface area (Å²) in [5, 5.41) is 12.2. The quantitative estimate of drug-likeness (QED) is 0.680.